The molecule has 29 heavy (non-hydrogen) atoms. The summed E-state index contributed by atoms with van der Waals surface area (Å²) in [5.74, 6) is 1.56. The average Bonchev–Trinajstić information content (AvgIpc) is 2.72. The van der Waals surface area contributed by atoms with E-state index in [4.69, 9.17) is 18.9 Å². The third-order valence-electron chi connectivity index (χ3n) is 4.33. The number of nitrogens with one attached hydrogen (secondary N) is 2. The van der Waals surface area contributed by atoms with Crippen LogP contribution in [0.2, 0.25) is 0 Å². The van der Waals surface area contributed by atoms with Crippen LogP contribution in [-0.4, -0.2) is 39.2 Å². The highest BCUT2D eigenvalue weighted by molar-refractivity contribution is 6.03. The lowest BCUT2D eigenvalue weighted by Crippen LogP contribution is -2.34. The van der Waals surface area contributed by atoms with Gasteiger partial charge in [0.15, 0.2) is 17.6 Å². The van der Waals surface area contributed by atoms with Crippen molar-refractivity contribution in [2.45, 2.75) is 13.0 Å². The molecule has 0 saturated carbocycles. The highest BCUT2D eigenvalue weighted by atomic mass is 16.5. The Balaban J connectivity index is 1.75. The number of amides is 2. The monoisotopic (exact) mass is 398 g/mol. The van der Waals surface area contributed by atoms with E-state index in [9.17, 15) is 9.59 Å². The second-order valence-electron chi connectivity index (χ2n) is 6.23. The third-order valence-corrected chi connectivity index (χ3v) is 4.33. The predicted octanol–water partition coefficient (Wildman–Crippen LogP) is 3.08. The van der Waals surface area contributed by atoms with Crippen LogP contribution in [0.25, 0.3) is 6.08 Å². The van der Waals surface area contributed by atoms with Gasteiger partial charge in [-0.15, -0.1) is 0 Å². The molecule has 0 radical (unpaired) electrons. The van der Waals surface area contributed by atoms with Crippen molar-refractivity contribution in [3.05, 3.63) is 42.0 Å². The lowest BCUT2D eigenvalue weighted by molar-refractivity contribution is -0.122. The van der Waals surface area contributed by atoms with Gasteiger partial charge in [0.25, 0.3) is 5.91 Å². The first-order valence-corrected chi connectivity index (χ1v) is 8.85. The van der Waals surface area contributed by atoms with E-state index in [1.54, 1.807) is 43.3 Å². The number of carbonyl (C=O) groups excluding carboxylic acids is 2. The lowest BCUT2D eigenvalue weighted by atomic mass is 10.1. The van der Waals surface area contributed by atoms with Crippen LogP contribution in [-0.2, 0) is 9.59 Å². The van der Waals surface area contributed by atoms with Crippen molar-refractivity contribution in [2.75, 3.05) is 32.0 Å². The third kappa shape index (κ3) is 4.43. The molecular weight excluding hydrogens is 376 g/mol. The van der Waals surface area contributed by atoms with Crippen LogP contribution in [0.4, 0.5) is 11.4 Å². The Morgan fingerprint density at radius 1 is 1.07 bits per heavy atom. The van der Waals surface area contributed by atoms with Crippen molar-refractivity contribution in [2.24, 2.45) is 0 Å². The summed E-state index contributed by atoms with van der Waals surface area (Å²) in [5, 5.41) is 5.49. The number of rotatable bonds is 6. The van der Waals surface area contributed by atoms with Crippen LogP contribution in [0.1, 0.15) is 12.5 Å². The normalized spacial score (nSPS) is 15.2. The molecule has 8 nitrogen and oxygen atoms in total. The summed E-state index contributed by atoms with van der Waals surface area (Å²) in [5.41, 5.74) is 1.69. The number of hydrogen-bond donors (Lipinski definition) is 2. The molecule has 3 rings (SSSR count). The smallest absolute Gasteiger partial charge is 0.265 e. The van der Waals surface area contributed by atoms with Gasteiger partial charge in [0.1, 0.15) is 11.5 Å². The number of hydrogen-bond acceptors (Lipinski definition) is 6. The van der Waals surface area contributed by atoms with E-state index in [-0.39, 0.29) is 11.8 Å². The summed E-state index contributed by atoms with van der Waals surface area (Å²) in [7, 11) is 4.60. The van der Waals surface area contributed by atoms with Crippen molar-refractivity contribution >= 4 is 29.3 Å². The number of fused-ring (bicyclic) bond motifs is 1. The average molecular weight is 398 g/mol. The first-order chi connectivity index (χ1) is 13.9. The van der Waals surface area contributed by atoms with Crippen LogP contribution >= 0.6 is 0 Å². The molecule has 1 aliphatic heterocycles. The van der Waals surface area contributed by atoms with Gasteiger partial charge in [0.05, 0.1) is 27.0 Å². The van der Waals surface area contributed by atoms with E-state index >= 15 is 0 Å². The highest BCUT2D eigenvalue weighted by Gasteiger charge is 2.23. The van der Waals surface area contributed by atoms with Gasteiger partial charge in [0.2, 0.25) is 5.91 Å². The second kappa shape index (κ2) is 8.55. The molecule has 2 aromatic carbocycles. The summed E-state index contributed by atoms with van der Waals surface area (Å²) < 4.78 is 21.4. The van der Waals surface area contributed by atoms with Crippen molar-refractivity contribution < 1.29 is 28.5 Å². The van der Waals surface area contributed by atoms with E-state index in [2.05, 4.69) is 10.6 Å². The Labute approximate surface area is 168 Å². The van der Waals surface area contributed by atoms with Gasteiger partial charge in [0, 0.05) is 23.4 Å². The number of benzene rings is 2. The van der Waals surface area contributed by atoms with Crippen LogP contribution in [0.5, 0.6) is 23.0 Å². The number of methoxy groups -OCH3 is 3. The molecule has 1 heterocycles. The van der Waals surface area contributed by atoms with E-state index in [1.165, 1.54) is 27.4 Å². The first kappa shape index (κ1) is 20.1. The summed E-state index contributed by atoms with van der Waals surface area (Å²) in [6, 6.07) is 8.44. The molecule has 0 bridgehead atoms. The Morgan fingerprint density at radius 3 is 2.45 bits per heavy atom. The molecule has 0 saturated heterocycles. The van der Waals surface area contributed by atoms with Gasteiger partial charge < -0.3 is 29.6 Å². The summed E-state index contributed by atoms with van der Waals surface area (Å²) in [6.45, 7) is 1.67. The van der Waals surface area contributed by atoms with Gasteiger partial charge in [-0.3, -0.25) is 9.59 Å². The summed E-state index contributed by atoms with van der Waals surface area (Å²) in [6.07, 6.45) is 2.43. The van der Waals surface area contributed by atoms with Crippen molar-refractivity contribution in [1.82, 2.24) is 0 Å². The zero-order chi connectivity index (χ0) is 21.0. The minimum atomic E-state index is -0.553. The zero-order valence-electron chi connectivity index (χ0n) is 16.6. The SMILES string of the molecule is COc1cc(OC)c(OC)cc1/C=C/C(=O)Nc1ccc2c(c1)NC(=O)[C@H](C)O2. The maximum atomic E-state index is 12.3. The Bertz CT molecular complexity index is 970. The Hall–Kier alpha value is -3.68. The number of carbonyl (C=O) groups is 2. The molecule has 2 amide bonds. The largest absolute Gasteiger partial charge is 0.496 e. The van der Waals surface area contributed by atoms with Gasteiger partial charge in [-0.1, -0.05) is 0 Å². The molecule has 0 fully saturated rings. The molecule has 0 aromatic heterocycles. The molecule has 1 aliphatic rings. The van der Waals surface area contributed by atoms with Crippen molar-refractivity contribution in [3.8, 4) is 23.0 Å². The summed E-state index contributed by atoms with van der Waals surface area (Å²) in [4.78, 5) is 24.1. The maximum Gasteiger partial charge on any atom is 0.265 e. The fraction of sp³-hybridized carbons (Fsp3) is 0.238. The fourth-order valence-electron chi connectivity index (χ4n) is 2.82. The van der Waals surface area contributed by atoms with Crippen LogP contribution in [0.3, 0.4) is 0 Å². The van der Waals surface area contributed by atoms with Gasteiger partial charge in [-0.2, -0.15) is 0 Å². The van der Waals surface area contributed by atoms with E-state index in [0.29, 0.717) is 39.9 Å². The number of anilines is 2. The molecular formula is C21H22N2O6. The molecule has 8 heteroatoms. The van der Waals surface area contributed by atoms with Crippen LogP contribution in [0.15, 0.2) is 36.4 Å². The zero-order valence-corrected chi connectivity index (χ0v) is 16.6. The highest BCUT2D eigenvalue weighted by Crippen LogP contribution is 2.35. The van der Waals surface area contributed by atoms with Gasteiger partial charge >= 0.3 is 0 Å². The first-order valence-electron chi connectivity index (χ1n) is 8.85. The lowest BCUT2D eigenvalue weighted by Gasteiger charge is -2.23. The van der Waals surface area contributed by atoms with Gasteiger partial charge in [-0.05, 0) is 37.3 Å². The van der Waals surface area contributed by atoms with E-state index in [1.807, 2.05) is 0 Å². The van der Waals surface area contributed by atoms with Crippen molar-refractivity contribution in [3.63, 3.8) is 0 Å². The maximum absolute atomic E-state index is 12.3. The van der Waals surface area contributed by atoms with E-state index < -0.39 is 6.10 Å². The van der Waals surface area contributed by atoms with Gasteiger partial charge in [-0.25, -0.2) is 0 Å². The molecule has 152 valence electrons. The standard InChI is InChI=1S/C21H22N2O6/c1-12-21(25)23-15-10-14(6-7-16(15)29-12)22-20(24)8-5-13-9-18(27-3)19(28-4)11-17(13)26-2/h5-12H,1-4H3,(H,22,24)(H,23,25)/b8-5+/t12-/m0/s1. The molecule has 0 aliphatic carbocycles. The topological polar surface area (TPSA) is 95.1 Å². The molecule has 2 N–H and O–H groups in total. The number of ether oxygens (including phenoxy) is 4. The molecule has 2 aromatic rings. The molecule has 1 atom stereocenters. The van der Waals surface area contributed by atoms with Crippen LogP contribution in [0, 0.1) is 0 Å². The fourth-order valence-corrected chi connectivity index (χ4v) is 2.82. The van der Waals surface area contributed by atoms with E-state index in [0.717, 1.165) is 0 Å². The Morgan fingerprint density at radius 2 is 1.76 bits per heavy atom. The molecule has 0 spiro atoms. The molecule has 0 unspecified atom stereocenters. The quantitative estimate of drug-likeness (QED) is 0.726. The van der Waals surface area contributed by atoms with Crippen molar-refractivity contribution in [1.29, 1.82) is 0 Å². The van der Waals surface area contributed by atoms with Crippen LogP contribution < -0.4 is 29.6 Å². The minimum Gasteiger partial charge on any atom is -0.496 e. The second-order valence-corrected chi connectivity index (χ2v) is 6.23. The minimum absolute atomic E-state index is 0.235. The predicted molar refractivity (Wildman–Crippen MR) is 109 cm³/mol. The Kier molecular flexibility index (Phi) is 5.92. The summed E-state index contributed by atoms with van der Waals surface area (Å²) >= 11 is 0.